The molecule has 2 unspecified atom stereocenters. The maximum atomic E-state index is 14.4. The van der Waals surface area contributed by atoms with E-state index >= 15 is 0 Å². The van der Waals surface area contributed by atoms with Gasteiger partial charge >= 0.3 is 12.4 Å². The van der Waals surface area contributed by atoms with Crippen LogP contribution in [0.5, 0.6) is 11.5 Å². The summed E-state index contributed by atoms with van der Waals surface area (Å²) in [6, 6.07) is 4.31. The summed E-state index contributed by atoms with van der Waals surface area (Å²) in [6.07, 6.45) is -6.34. The lowest BCUT2D eigenvalue weighted by Gasteiger charge is -2.22. The van der Waals surface area contributed by atoms with Crippen LogP contribution in [0.15, 0.2) is 36.7 Å². The van der Waals surface area contributed by atoms with Crippen LogP contribution in [0.4, 0.5) is 26.3 Å². The number of Topliss-reactive ketones (excluding diaryl/α,β-unsaturated/α-hetero) is 4. The average Bonchev–Trinajstić information content (AvgIpc) is 3.97. The van der Waals surface area contributed by atoms with E-state index in [2.05, 4.69) is 20.6 Å². The summed E-state index contributed by atoms with van der Waals surface area (Å²) >= 11 is 0. The van der Waals surface area contributed by atoms with Crippen molar-refractivity contribution >= 4 is 34.7 Å². The molecular formula is C47H57F6N7O6. The van der Waals surface area contributed by atoms with Gasteiger partial charge in [-0.25, -0.2) is 9.97 Å². The molecule has 1 aromatic heterocycles. The molecule has 3 aromatic rings. The van der Waals surface area contributed by atoms with Crippen molar-refractivity contribution in [1.82, 2.24) is 20.6 Å². The van der Waals surface area contributed by atoms with Crippen LogP contribution >= 0.6 is 0 Å². The fraction of sp³-hybridized carbons (Fsp3) is 0.532. The van der Waals surface area contributed by atoms with Crippen molar-refractivity contribution in [3.8, 4) is 11.5 Å². The molecule has 6 N–H and O–H groups in total. The fourth-order valence-electron chi connectivity index (χ4n) is 7.95. The number of nitrogens with zero attached hydrogens (tertiary/aromatic N) is 2. The summed E-state index contributed by atoms with van der Waals surface area (Å²) in [6.45, 7) is 3.59. The largest absolute Gasteiger partial charge is 0.488 e. The van der Waals surface area contributed by atoms with Gasteiger partial charge in [0.25, 0.3) is 0 Å². The minimum atomic E-state index is -4.86. The minimum Gasteiger partial charge on any atom is -0.488 e. The van der Waals surface area contributed by atoms with Crippen molar-refractivity contribution in [2.45, 2.75) is 134 Å². The highest BCUT2D eigenvalue weighted by molar-refractivity contribution is 6.01. The number of nitrogens with one attached hydrogen (secondary N) is 4. The average molecular weight is 930 g/mol. The first-order valence-corrected chi connectivity index (χ1v) is 22.3. The third kappa shape index (κ3) is 15.8. The Hall–Kier alpha value is -5.56. The smallest absolute Gasteiger partial charge is 0.416 e. The summed E-state index contributed by atoms with van der Waals surface area (Å²) in [5.41, 5.74) is 2.61. The van der Waals surface area contributed by atoms with Crippen molar-refractivity contribution in [3.05, 3.63) is 81.4 Å². The molecule has 2 saturated heterocycles. The van der Waals surface area contributed by atoms with Crippen molar-refractivity contribution < 1.29 is 55.0 Å². The summed E-state index contributed by atoms with van der Waals surface area (Å²) in [5, 5.41) is 21.2. The zero-order valence-corrected chi connectivity index (χ0v) is 36.9. The molecule has 0 aliphatic carbocycles. The van der Waals surface area contributed by atoms with Crippen molar-refractivity contribution in [1.29, 1.82) is 10.8 Å². The lowest BCUT2D eigenvalue weighted by Crippen LogP contribution is -2.23. The van der Waals surface area contributed by atoms with Crippen molar-refractivity contribution in [3.63, 3.8) is 0 Å². The topological polar surface area (TPSA) is 210 Å². The van der Waals surface area contributed by atoms with Crippen LogP contribution in [0.1, 0.15) is 138 Å². The van der Waals surface area contributed by atoms with E-state index in [4.69, 9.17) is 26.0 Å². The molecule has 19 heteroatoms. The number of amidine groups is 1. The van der Waals surface area contributed by atoms with E-state index in [-0.39, 0.29) is 81.8 Å². The van der Waals surface area contributed by atoms with Gasteiger partial charge in [0.05, 0.1) is 17.0 Å². The molecule has 13 nitrogen and oxygen atoms in total. The second kappa shape index (κ2) is 23.8. The first-order chi connectivity index (χ1) is 31.3. The summed E-state index contributed by atoms with van der Waals surface area (Å²) in [4.78, 5) is 62.2. The Labute approximate surface area is 379 Å². The van der Waals surface area contributed by atoms with Crippen LogP contribution in [0.2, 0.25) is 0 Å². The number of alkyl halides is 6. The first kappa shape index (κ1) is 51.4. The van der Waals surface area contributed by atoms with Crippen LogP contribution in [0.3, 0.4) is 0 Å². The summed E-state index contributed by atoms with van der Waals surface area (Å²) < 4.78 is 98.7. The van der Waals surface area contributed by atoms with E-state index in [0.29, 0.717) is 96.1 Å². The molecule has 0 amide bonds. The molecule has 2 aliphatic heterocycles. The molecule has 0 spiro atoms. The Bertz CT molecular complexity index is 2090. The molecule has 0 bridgehead atoms. The van der Waals surface area contributed by atoms with Gasteiger partial charge in [0.2, 0.25) is 0 Å². The number of hydrogen-bond acceptors (Lipinski definition) is 12. The molecule has 5 rings (SSSR count). The highest BCUT2D eigenvalue weighted by atomic mass is 19.4. The van der Waals surface area contributed by atoms with Crippen molar-refractivity contribution in [2.75, 3.05) is 26.2 Å². The number of unbranched alkanes of at least 4 members (excludes halogenated alkanes) is 4. The Morgan fingerprint density at radius 3 is 1.38 bits per heavy atom. The Morgan fingerprint density at radius 2 is 1.02 bits per heavy atom. The number of aromatic nitrogens is 2. The monoisotopic (exact) mass is 929 g/mol. The highest BCUT2D eigenvalue weighted by Gasteiger charge is 2.36. The zero-order chi connectivity index (χ0) is 48.0. The van der Waals surface area contributed by atoms with Gasteiger partial charge < -0.3 is 31.3 Å². The second-order valence-corrected chi connectivity index (χ2v) is 17.1. The van der Waals surface area contributed by atoms with E-state index < -0.39 is 66.5 Å². The third-order valence-electron chi connectivity index (χ3n) is 11.4. The van der Waals surface area contributed by atoms with E-state index in [9.17, 15) is 45.5 Å². The highest BCUT2D eigenvalue weighted by Crippen LogP contribution is 2.39. The number of ether oxygens (including phenoxy) is 2. The standard InChI is InChI=1S/C47H57F6N7O6/c1-28(54)8-4-2-5-9-35(61)20-29-16-33(46(48,49)50)18-31(44(29)65-37-12-14-57-25-37)22-41(63)39-24-40(60-27-59-39)42(64)23-32-19-34(47(51,52)53)17-30(45(32)66-38-13-15-58-26-38)21-36(62)10-6-3-7-11-43(55)56/h16-19,24,27,37-38,54,57-58H,2-15,20-23,25-26H2,1H3,(H3,55,56). The van der Waals surface area contributed by atoms with Gasteiger partial charge in [-0.3, -0.25) is 24.6 Å². The van der Waals surface area contributed by atoms with Crippen molar-refractivity contribution in [2.24, 2.45) is 5.73 Å². The normalized spacial score (nSPS) is 16.3. The molecule has 2 fully saturated rings. The van der Waals surface area contributed by atoms with Crippen LogP contribution in [-0.2, 0) is 47.6 Å². The minimum absolute atomic E-state index is 0.0141. The Balaban J connectivity index is 1.42. The number of ketones is 4. The quantitative estimate of drug-likeness (QED) is 0.0172. The molecule has 2 aromatic carbocycles. The number of benzene rings is 2. The van der Waals surface area contributed by atoms with E-state index in [1.54, 1.807) is 6.92 Å². The van der Waals surface area contributed by atoms with Gasteiger partial charge in [0, 0.05) is 86.0 Å². The maximum absolute atomic E-state index is 14.4. The Morgan fingerprint density at radius 1 is 0.621 bits per heavy atom. The van der Waals surface area contributed by atoms with Gasteiger partial charge in [-0.2, -0.15) is 26.3 Å². The molecular weight excluding hydrogens is 873 g/mol. The molecule has 2 atom stereocenters. The Kier molecular flexibility index (Phi) is 18.5. The number of rotatable bonds is 26. The van der Waals surface area contributed by atoms with E-state index in [0.717, 1.165) is 36.7 Å². The van der Waals surface area contributed by atoms with Gasteiger partial charge in [0.15, 0.2) is 11.6 Å². The molecule has 0 saturated carbocycles. The zero-order valence-electron chi connectivity index (χ0n) is 36.9. The van der Waals surface area contributed by atoms with Crippen LogP contribution < -0.4 is 25.8 Å². The summed E-state index contributed by atoms with van der Waals surface area (Å²) in [5.74, 6) is -2.37. The van der Waals surface area contributed by atoms with Gasteiger partial charge in [-0.05, 0) is 95.3 Å². The first-order valence-electron chi connectivity index (χ1n) is 22.3. The maximum Gasteiger partial charge on any atom is 0.416 e. The lowest BCUT2D eigenvalue weighted by atomic mass is 9.94. The second-order valence-electron chi connectivity index (χ2n) is 17.1. The number of nitrogens with two attached hydrogens (primary N) is 1. The SMILES string of the molecule is CC(=N)CCCCCC(=O)Cc1cc(C(F)(F)F)cc(CC(=O)c2cc(C(=O)Cc3cc(C(F)(F)F)cc(CC(=O)CCCCCC(=N)N)c3OC3CCNC3)ncn2)c1OC1CCNC1. The van der Waals surface area contributed by atoms with Gasteiger partial charge in [-0.15, -0.1) is 0 Å². The molecule has 66 heavy (non-hydrogen) atoms. The molecule has 0 radical (unpaired) electrons. The number of carbonyl (C=O) groups excluding carboxylic acids is 4. The predicted octanol–water partition coefficient (Wildman–Crippen LogP) is 7.95. The van der Waals surface area contributed by atoms with Gasteiger partial charge in [-0.1, -0.05) is 12.8 Å². The van der Waals surface area contributed by atoms with Crippen LogP contribution in [0.25, 0.3) is 0 Å². The van der Waals surface area contributed by atoms with Crippen LogP contribution in [-0.4, -0.2) is 83.0 Å². The van der Waals surface area contributed by atoms with E-state index in [1.165, 1.54) is 0 Å². The molecule has 358 valence electrons. The summed E-state index contributed by atoms with van der Waals surface area (Å²) in [7, 11) is 0. The third-order valence-corrected chi connectivity index (χ3v) is 11.4. The molecule has 2 aliphatic rings. The number of halogens is 6. The number of hydrogen-bond donors (Lipinski definition) is 5. The van der Waals surface area contributed by atoms with Gasteiger partial charge in [0.1, 0.15) is 53.0 Å². The number of carbonyl (C=O) groups is 4. The lowest BCUT2D eigenvalue weighted by molar-refractivity contribution is -0.138. The fourth-order valence-corrected chi connectivity index (χ4v) is 7.95. The van der Waals surface area contributed by atoms with Crippen LogP contribution in [0, 0.1) is 10.8 Å². The van der Waals surface area contributed by atoms with E-state index in [1.807, 2.05) is 0 Å². The molecule has 3 heterocycles. The predicted molar refractivity (Wildman–Crippen MR) is 234 cm³/mol.